The van der Waals surface area contributed by atoms with Gasteiger partial charge in [-0.1, -0.05) is 6.07 Å². The maximum atomic E-state index is 12.6. The molecule has 0 unspecified atom stereocenters. The fraction of sp³-hybridized carbons (Fsp3) is 0.438. The molecule has 26 heavy (non-hydrogen) atoms. The normalized spacial score (nSPS) is 17.8. The van der Waals surface area contributed by atoms with Gasteiger partial charge in [0.2, 0.25) is 0 Å². The molecule has 2 amide bonds. The van der Waals surface area contributed by atoms with Gasteiger partial charge in [0, 0.05) is 18.3 Å². The first kappa shape index (κ1) is 18.0. The average Bonchev–Trinajstić information content (AvgIpc) is 3.14. The largest absolute Gasteiger partial charge is 0.484 e. The van der Waals surface area contributed by atoms with Gasteiger partial charge in [-0.05, 0) is 31.4 Å². The van der Waals surface area contributed by atoms with Crippen LogP contribution in [0.2, 0.25) is 0 Å². The Morgan fingerprint density at radius 1 is 1.38 bits per heavy atom. The van der Waals surface area contributed by atoms with Crippen LogP contribution in [-0.2, 0) is 0 Å². The van der Waals surface area contributed by atoms with Crippen molar-refractivity contribution >= 4 is 11.7 Å². The van der Waals surface area contributed by atoms with E-state index in [0.717, 1.165) is 19.3 Å². The Hall–Kier alpha value is -2.78. The highest BCUT2D eigenvalue weighted by Gasteiger charge is 2.30. The zero-order chi connectivity index (χ0) is 18.6. The second-order valence-electron chi connectivity index (χ2n) is 5.94. The number of piperidine rings is 1. The van der Waals surface area contributed by atoms with Gasteiger partial charge in [0.25, 0.3) is 0 Å². The van der Waals surface area contributed by atoms with Crippen molar-refractivity contribution in [2.45, 2.75) is 31.5 Å². The lowest BCUT2D eigenvalue weighted by Gasteiger charge is -2.34. The number of aromatic nitrogens is 3. The number of rotatable bonds is 4. The highest BCUT2D eigenvalue weighted by atomic mass is 19.4. The summed E-state index contributed by atoms with van der Waals surface area (Å²) in [5.74, 6) is 0.646. The van der Waals surface area contributed by atoms with E-state index in [1.165, 1.54) is 24.5 Å². The van der Waals surface area contributed by atoms with E-state index in [9.17, 15) is 18.0 Å². The summed E-state index contributed by atoms with van der Waals surface area (Å²) in [5, 5.41) is 9.32. The number of carbonyl (C=O) groups excluding carboxylic acids is 1. The maximum absolute atomic E-state index is 12.6. The molecule has 3 rings (SSSR count). The van der Waals surface area contributed by atoms with Crippen molar-refractivity contribution < 1.29 is 22.7 Å². The zero-order valence-corrected chi connectivity index (χ0v) is 13.8. The number of aromatic amines is 1. The molecule has 0 spiro atoms. The zero-order valence-electron chi connectivity index (χ0n) is 13.8. The second-order valence-corrected chi connectivity index (χ2v) is 5.94. The molecular formula is C16H18F3N5O2. The maximum Gasteiger partial charge on any atom is 0.422 e. The molecule has 0 bridgehead atoms. The molecule has 1 atom stereocenters. The minimum absolute atomic E-state index is 0.0329. The predicted octanol–water partition coefficient (Wildman–Crippen LogP) is 3.50. The van der Waals surface area contributed by atoms with Gasteiger partial charge in [0.05, 0.1) is 6.04 Å². The van der Waals surface area contributed by atoms with Crippen LogP contribution >= 0.6 is 0 Å². The number of carbonyl (C=O) groups is 1. The molecule has 1 aliphatic rings. The standard InChI is InChI=1S/C16H18F3N5O2/c17-16(18,19)9-26-12-5-3-4-11(8-12)22-15(25)24-7-2-1-6-13(24)14-20-10-21-23-14/h3-5,8,10,13H,1-2,6-7,9H2,(H,22,25)(H,20,21,23)/t13-/m1/s1. The van der Waals surface area contributed by atoms with Crippen LogP contribution in [0.1, 0.15) is 31.1 Å². The van der Waals surface area contributed by atoms with E-state index >= 15 is 0 Å². The van der Waals surface area contributed by atoms with Gasteiger partial charge in [-0.15, -0.1) is 0 Å². The first-order chi connectivity index (χ1) is 12.4. The molecule has 2 heterocycles. The molecule has 1 fully saturated rings. The summed E-state index contributed by atoms with van der Waals surface area (Å²) in [6, 6.07) is 5.31. The van der Waals surface area contributed by atoms with Gasteiger partial charge in [0.1, 0.15) is 17.9 Å². The number of hydrogen-bond donors (Lipinski definition) is 2. The third kappa shape index (κ3) is 4.64. The van der Waals surface area contributed by atoms with Crippen LogP contribution in [0.25, 0.3) is 0 Å². The van der Waals surface area contributed by atoms with Crippen molar-refractivity contribution in [3.05, 3.63) is 36.4 Å². The molecule has 10 heteroatoms. The van der Waals surface area contributed by atoms with Crippen LogP contribution in [0.15, 0.2) is 30.6 Å². The lowest BCUT2D eigenvalue weighted by Crippen LogP contribution is -2.41. The first-order valence-corrected chi connectivity index (χ1v) is 8.15. The van der Waals surface area contributed by atoms with E-state index in [4.69, 9.17) is 4.74 Å². The SMILES string of the molecule is O=C(Nc1cccc(OCC(F)(F)F)c1)N1CCCC[C@@H]1c1ncn[nH]1. The van der Waals surface area contributed by atoms with Crippen LogP contribution in [0.3, 0.4) is 0 Å². The van der Waals surface area contributed by atoms with Crippen molar-refractivity contribution in [1.29, 1.82) is 0 Å². The van der Waals surface area contributed by atoms with Crippen molar-refractivity contribution in [3.63, 3.8) is 0 Å². The molecule has 1 saturated heterocycles. The number of urea groups is 1. The van der Waals surface area contributed by atoms with E-state index < -0.39 is 12.8 Å². The van der Waals surface area contributed by atoms with Gasteiger partial charge in [-0.3, -0.25) is 5.10 Å². The minimum Gasteiger partial charge on any atom is -0.484 e. The van der Waals surface area contributed by atoms with Gasteiger partial charge in [-0.25, -0.2) is 9.78 Å². The Balaban J connectivity index is 1.67. The molecule has 2 aromatic rings. The van der Waals surface area contributed by atoms with Gasteiger partial charge < -0.3 is 15.0 Å². The monoisotopic (exact) mass is 369 g/mol. The molecule has 1 aromatic carbocycles. The van der Waals surface area contributed by atoms with E-state index in [1.54, 1.807) is 11.0 Å². The number of ether oxygens (including phenoxy) is 1. The number of benzene rings is 1. The minimum atomic E-state index is -4.42. The van der Waals surface area contributed by atoms with Gasteiger partial charge in [-0.2, -0.15) is 18.3 Å². The Kier molecular flexibility index (Phi) is 5.29. The van der Waals surface area contributed by atoms with E-state index in [2.05, 4.69) is 20.5 Å². The predicted molar refractivity (Wildman–Crippen MR) is 86.7 cm³/mol. The lowest BCUT2D eigenvalue weighted by molar-refractivity contribution is -0.153. The quantitative estimate of drug-likeness (QED) is 0.864. The Labute approximate surface area is 147 Å². The van der Waals surface area contributed by atoms with Crippen LogP contribution in [0.5, 0.6) is 5.75 Å². The molecule has 1 aliphatic heterocycles. The fourth-order valence-electron chi connectivity index (χ4n) is 2.86. The summed E-state index contributed by atoms with van der Waals surface area (Å²) < 4.78 is 41.5. The van der Waals surface area contributed by atoms with Crippen molar-refractivity contribution in [1.82, 2.24) is 20.1 Å². The van der Waals surface area contributed by atoms with Crippen molar-refractivity contribution in [2.75, 3.05) is 18.5 Å². The molecule has 7 nitrogen and oxygen atoms in total. The number of nitrogens with zero attached hydrogens (tertiary/aromatic N) is 3. The van der Waals surface area contributed by atoms with Gasteiger partial charge >= 0.3 is 12.2 Å². The van der Waals surface area contributed by atoms with Crippen LogP contribution in [0.4, 0.5) is 23.7 Å². The number of alkyl halides is 3. The smallest absolute Gasteiger partial charge is 0.422 e. The Morgan fingerprint density at radius 3 is 2.96 bits per heavy atom. The Bertz CT molecular complexity index is 736. The summed E-state index contributed by atoms with van der Waals surface area (Å²) >= 11 is 0. The molecule has 0 saturated carbocycles. The molecule has 0 radical (unpaired) electrons. The summed E-state index contributed by atoms with van der Waals surface area (Å²) in [6.07, 6.45) is -0.432. The van der Waals surface area contributed by atoms with Crippen LogP contribution in [0, 0.1) is 0 Å². The number of hydrogen-bond acceptors (Lipinski definition) is 4. The molecule has 140 valence electrons. The number of likely N-dealkylation sites (tertiary alicyclic amines) is 1. The van der Waals surface area contributed by atoms with E-state index in [1.807, 2.05) is 0 Å². The number of H-pyrrole nitrogens is 1. The van der Waals surface area contributed by atoms with Crippen molar-refractivity contribution in [3.8, 4) is 5.75 Å². The third-order valence-corrected chi connectivity index (χ3v) is 4.00. The van der Waals surface area contributed by atoms with Crippen molar-refractivity contribution in [2.24, 2.45) is 0 Å². The number of halogens is 3. The molecular weight excluding hydrogens is 351 g/mol. The molecule has 1 aromatic heterocycles. The summed E-state index contributed by atoms with van der Waals surface area (Å²) in [7, 11) is 0. The number of amides is 2. The molecule has 0 aliphatic carbocycles. The molecule has 2 N–H and O–H groups in total. The van der Waals surface area contributed by atoms with Crippen LogP contribution in [-0.4, -0.2) is 45.4 Å². The number of nitrogens with one attached hydrogen (secondary N) is 2. The summed E-state index contributed by atoms with van der Waals surface area (Å²) in [6.45, 7) is -0.828. The first-order valence-electron chi connectivity index (χ1n) is 8.15. The van der Waals surface area contributed by atoms with E-state index in [0.29, 0.717) is 18.1 Å². The van der Waals surface area contributed by atoms with Crippen LogP contribution < -0.4 is 10.1 Å². The topological polar surface area (TPSA) is 83.1 Å². The lowest BCUT2D eigenvalue weighted by atomic mass is 10.0. The third-order valence-electron chi connectivity index (χ3n) is 4.00. The Morgan fingerprint density at radius 2 is 2.23 bits per heavy atom. The van der Waals surface area contributed by atoms with Gasteiger partial charge in [0.15, 0.2) is 6.61 Å². The highest BCUT2D eigenvalue weighted by molar-refractivity contribution is 5.89. The number of anilines is 1. The fourth-order valence-corrected chi connectivity index (χ4v) is 2.86. The van der Waals surface area contributed by atoms with E-state index in [-0.39, 0.29) is 17.8 Å². The summed E-state index contributed by atoms with van der Waals surface area (Å²) in [4.78, 5) is 18.4. The summed E-state index contributed by atoms with van der Waals surface area (Å²) in [5.41, 5.74) is 0.358. The highest BCUT2D eigenvalue weighted by Crippen LogP contribution is 2.29. The second kappa shape index (κ2) is 7.63. The average molecular weight is 369 g/mol.